The van der Waals surface area contributed by atoms with E-state index >= 15 is 0 Å². The van der Waals surface area contributed by atoms with Gasteiger partial charge < -0.3 is 19.4 Å². The summed E-state index contributed by atoms with van der Waals surface area (Å²) >= 11 is 0. The Bertz CT molecular complexity index is 598. The van der Waals surface area contributed by atoms with Crippen molar-refractivity contribution in [3.8, 4) is 0 Å². The average molecular weight is 323 g/mol. The number of carboxylic acids is 1. The van der Waals surface area contributed by atoms with Gasteiger partial charge in [0.05, 0.1) is 5.69 Å². The minimum Gasteiger partial charge on any atom is -0.480 e. The van der Waals surface area contributed by atoms with Crippen molar-refractivity contribution >= 4 is 17.8 Å². The second-order valence-corrected chi connectivity index (χ2v) is 5.75. The van der Waals surface area contributed by atoms with E-state index in [1.165, 1.54) is 11.8 Å². The quantitative estimate of drug-likeness (QED) is 0.883. The monoisotopic (exact) mass is 323 g/mol. The minimum absolute atomic E-state index is 0.169. The molecule has 0 aliphatic carbocycles. The van der Waals surface area contributed by atoms with Crippen molar-refractivity contribution < 1.29 is 24.0 Å². The maximum absolute atomic E-state index is 12.4. The van der Waals surface area contributed by atoms with E-state index in [1.54, 1.807) is 17.9 Å². The first-order valence-electron chi connectivity index (χ1n) is 7.60. The number of rotatable bonds is 4. The molecule has 1 unspecified atom stereocenters. The van der Waals surface area contributed by atoms with Crippen LogP contribution in [0.4, 0.5) is 0 Å². The molecule has 1 fully saturated rings. The maximum atomic E-state index is 12.4. The highest BCUT2D eigenvalue weighted by atomic mass is 16.5. The topological polar surface area (TPSA) is 104 Å². The number of carbonyl (C=O) groups is 3. The zero-order valence-corrected chi connectivity index (χ0v) is 13.3. The van der Waals surface area contributed by atoms with Gasteiger partial charge in [0.25, 0.3) is 5.91 Å². The van der Waals surface area contributed by atoms with Crippen LogP contribution in [0.2, 0.25) is 0 Å². The molecule has 0 saturated carbocycles. The summed E-state index contributed by atoms with van der Waals surface area (Å²) in [4.78, 5) is 38.0. The van der Waals surface area contributed by atoms with Gasteiger partial charge in [-0.25, -0.2) is 0 Å². The van der Waals surface area contributed by atoms with Crippen molar-refractivity contribution in [1.82, 2.24) is 15.0 Å². The fourth-order valence-electron chi connectivity index (χ4n) is 2.86. The zero-order chi connectivity index (χ0) is 17.0. The van der Waals surface area contributed by atoms with Crippen LogP contribution in [0, 0.1) is 6.92 Å². The molecule has 23 heavy (non-hydrogen) atoms. The van der Waals surface area contributed by atoms with Gasteiger partial charge in [-0.2, -0.15) is 0 Å². The Morgan fingerprint density at radius 2 is 2.13 bits per heavy atom. The predicted octanol–water partition coefficient (Wildman–Crippen LogP) is 0.911. The van der Waals surface area contributed by atoms with E-state index < -0.39 is 5.97 Å². The van der Waals surface area contributed by atoms with Crippen LogP contribution in [0.15, 0.2) is 10.6 Å². The minimum atomic E-state index is -1.03. The Morgan fingerprint density at radius 3 is 2.70 bits per heavy atom. The van der Waals surface area contributed by atoms with Crippen LogP contribution in [-0.4, -0.2) is 63.5 Å². The third kappa shape index (κ3) is 4.30. The molecule has 1 aliphatic heterocycles. The van der Waals surface area contributed by atoms with Crippen molar-refractivity contribution in [3.05, 3.63) is 17.5 Å². The summed E-state index contributed by atoms with van der Waals surface area (Å²) in [5.41, 5.74) is 0.644. The van der Waals surface area contributed by atoms with Crippen LogP contribution in [0.1, 0.15) is 42.4 Å². The first-order chi connectivity index (χ1) is 10.9. The van der Waals surface area contributed by atoms with Gasteiger partial charge in [0.2, 0.25) is 11.7 Å². The van der Waals surface area contributed by atoms with Crippen molar-refractivity contribution in [1.29, 1.82) is 0 Å². The van der Waals surface area contributed by atoms with Crippen LogP contribution in [0.25, 0.3) is 0 Å². The summed E-state index contributed by atoms with van der Waals surface area (Å²) < 4.78 is 5.00. The fourth-order valence-corrected chi connectivity index (χ4v) is 2.86. The first kappa shape index (κ1) is 17.0. The lowest BCUT2D eigenvalue weighted by Crippen LogP contribution is -2.43. The van der Waals surface area contributed by atoms with Gasteiger partial charge in [-0.3, -0.25) is 14.4 Å². The number of carbonyl (C=O) groups excluding carboxylic acids is 2. The number of hydrogen-bond acceptors (Lipinski definition) is 5. The second kappa shape index (κ2) is 7.26. The number of aromatic nitrogens is 1. The normalized spacial score (nSPS) is 18.3. The molecule has 0 radical (unpaired) electrons. The third-order valence-corrected chi connectivity index (χ3v) is 3.97. The van der Waals surface area contributed by atoms with Gasteiger partial charge in [-0.15, -0.1) is 0 Å². The van der Waals surface area contributed by atoms with Crippen LogP contribution in [0.3, 0.4) is 0 Å². The highest BCUT2D eigenvalue weighted by Crippen LogP contribution is 2.19. The molecule has 0 bridgehead atoms. The van der Waals surface area contributed by atoms with E-state index in [2.05, 4.69) is 5.16 Å². The SMILES string of the molecule is CC(=O)N(CC(=O)O)C1CCCN(C(=O)c2cc(C)no2)CC1. The van der Waals surface area contributed by atoms with Crippen molar-refractivity contribution in [3.63, 3.8) is 0 Å². The third-order valence-electron chi connectivity index (χ3n) is 3.97. The average Bonchev–Trinajstić information content (AvgIpc) is 2.78. The lowest BCUT2D eigenvalue weighted by molar-refractivity contribution is -0.145. The summed E-state index contributed by atoms with van der Waals surface area (Å²) in [7, 11) is 0. The van der Waals surface area contributed by atoms with Crippen molar-refractivity contribution in [2.75, 3.05) is 19.6 Å². The zero-order valence-electron chi connectivity index (χ0n) is 13.3. The molecule has 1 saturated heterocycles. The number of nitrogens with zero attached hydrogens (tertiary/aromatic N) is 3. The van der Waals surface area contributed by atoms with Gasteiger partial charge in [0, 0.05) is 32.1 Å². The van der Waals surface area contributed by atoms with E-state index in [0.717, 1.165) is 0 Å². The van der Waals surface area contributed by atoms with Crippen molar-refractivity contribution in [2.24, 2.45) is 0 Å². The number of aryl methyl sites for hydroxylation is 1. The summed E-state index contributed by atoms with van der Waals surface area (Å²) in [6.45, 7) is 3.80. The molecule has 126 valence electrons. The Balaban J connectivity index is 2.02. The summed E-state index contributed by atoms with van der Waals surface area (Å²) in [5, 5.41) is 12.7. The highest BCUT2D eigenvalue weighted by molar-refractivity contribution is 5.91. The van der Waals surface area contributed by atoms with E-state index in [1.807, 2.05) is 0 Å². The lowest BCUT2D eigenvalue weighted by Gasteiger charge is -2.28. The van der Waals surface area contributed by atoms with Gasteiger partial charge in [0.1, 0.15) is 6.54 Å². The van der Waals surface area contributed by atoms with Gasteiger partial charge in [-0.1, -0.05) is 5.16 Å². The summed E-state index contributed by atoms with van der Waals surface area (Å²) in [5.74, 6) is -1.31. The van der Waals surface area contributed by atoms with Gasteiger partial charge in [0.15, 0.2) is 0 Å². The van der Waals surface area contributed by atoms with Gasteiger partial charge >= 0.3 is 5.97 Å². The molecule has 2 heterocycles. The molecule has 0 aromatic carbocycles. The largest absolute Gasteiger partial charge is 0.480 e. The molecular weight excluding hydrogens is 302 g/mol. The highest BCUT2D eigenvalue weighted by Gasteiger charge is 2.28. The molecular formula is C15H21N3O5. The standard InChI is InChI=1S/C15H21N3O5/c1-10-8-13(23-16-10)15(22)17-6-3-4-12(5-7-17)18(11(2)19)9-14(20)21/h8,12H,3-7,9H2,1-2H3,(H,20,21). The van der Waals surface area contributed by atoms with E-state index in [4.69, 9.17) is 9.63 Å². The molecule has 2 amide bonds. The number of hydrogen-bond donors (Lipinski definition) is 1. The van der Waals surface area contributed by atoms with Crippen LogP contribution >= 0.6 is 0 Å². The van der Waals surface area contributed by atoms with Crippen LogP contribution < -0.4 is 0 Å². The number of aliphatic carboxylic acids is 1. The summed E-state index contributed by atoms with van der Waals surface area (Å²) in [6.07, 6.45) is 1.92. The van der Waals surface area contributed by atoms with Crippen molar-refractivity contribution in [2.45, 2.75) is 39.2 Å². The Morgan fingerprint density at radius 1 is 1.39 bits per heavy atom. The molecule has 1 aromatic heterocycles. The predicted molar refractivity (Wildman–Crippen MR) is 79.8 cm³/mol. The van der Waals surface area contributed by atoms with E-state index in [9.17, 15) is 14.4 Å². The van der Waals surface area contributed by atoms with E-state index in [0.29, 0.717) is 38.0 Å². The number of carboxylic acid groups (broad SMARTS) is 1. The Labute approximate surface area is 134 Å². The maximum Gasteiger partial charge on any atom is 0.323 e. The smallest absolute Gasteiger partial charge is 0.323 e. The lowest BCUT2D eigenvalue weighted by atomic mass is 10.1. The number of amides is 2. The summed E-state index contributed by atoms with van der Waals surface area (Å²) in [6, 6.07) is 1.43. The Hall–Kier alpha value is -2.38. The van der Waals surface area contributed by atoms with Crippen LogP contribution in [0.5, 0.6) is 0 Å². The molecule has 8 nitrogen and oxygen atoms in total. The van der Waals surface area contributed by atoms with Crippen LogP contribution in [-0.2, 0) is 9.59 Å². The molecule has 1 aliphatic rings. The first-order valence-corrected chi connectivity index (χ1v) is 7.60. The fraction of sp³-hybridized carbons (Fsp3) is 0.600. The second-order valence-electron chi connectivity index (χ2n) is 5.75. The molecule has 2 rings (SSSR count). The van der Waals surface area contributed by atoms with E-state index in [-0.39, 0.29) is 30.2 Å². The number of likely N-dealkylation sites (tertiary alicyclic amines) is 1. The molecule has 0 spiro atoms. The molecule has 1 aromatic rings. The van der Waals surface area contributed by atoms with Gasteiger partial charge in [-0.05, 0) is 26.2 Å². The Kier molecular flexibility index (Phi) is 5.36. The molecule has 1 N–H and O–H groups in total. The molecule has 8 heteroatoms. The molecule has 1 atom stereocenters.